The van der Waals surface area contributed by atoms with Gasteiger partial charge in [-0.15, -0.1) is 11.3 Å². The molecule has 5 rings (SSSR count). The lowest BCUT2D eigenvalue weighted by molar-refractivity contribution is 0.255. The Bertz CT molecular complexity index is 1550. The van der Waals surface area contributed by atoms with Gasteiger partial charge in [0.1, 0.15) is 18.9 Å². The van der Waals surface area contributed by atoms with E-state index in [-0.39, 0.29) is 6.54 Å². The molecule has 7 nitrogen and oxygen atoms in total. The maximum Gasteiger partial charge on any atom is 0.440 e. The van der Waals surface area contributed by atoms with Gasteiger partial charge in [0.25, 0.3) is 0 Å². The van der Waals surface area contributed by atoms with Crippen LogP contribution in [0, 0.1) is 0 Å². The van der Waals surface area contributed by atoms with Crippen molar-refractivity contribution in [3.63, 3.8) is 0 Å². The smallest absolute Gasteiger partial charge is 0.440 e. The standard InChI is InChI=1S/C25H21N3O4/c1-2-11-27-21(15-28-24(29)26-25(30)32-28)13-20-14-22(9-10-23(20)27)31-16-17-7-8-18-5-3-4-6-19(18)12-17/h2-10,12-14H,1,11,15-16H2,(H,26,29,30). The van der Waals surface area contributed by atoms with Crippen molar-refractivity contribution < 1.29 is 9.26 Å². The molecule has 3 aromatic carbocycles. The number of H-pyrrole nitrogens is 1. The highest BCUT2D eigenvalue weighted by atomic mass is 16.5. The maximum absolute atomic E-state index is 11.8. The summed E-state index contributed by atoms with van der Waals surface area (Å²) in [5.41, 5.74) is 2.31. The van der Waals surface area contributed by atoms with Gasteiger partial charge in [-0.05, 0) is 46.7 Å². The predicted octanol–water partition coefficient (Wildman–Crippen LogP) is 4.05. The van der Waals surface area contributed by atoms with Crippen molar-refractivity contribution in [2.45, 2.75) is 19.7 Å². The number of aromatic amines is 1. The molecule has 2 aromatic heterocycles. The van der Waals surface area contributed by atoms with Crippen LogP contribution in [0.1, 0.15) is 11.3 Å². The minimum atomic E-state index is -0.772. The number of benzene rings is 3. The van der Waals surface area contributed by atoms with Crippen LogP contribution in [0.4, 0.5) is 0 Å². The van der Waals surface area contributed by atoms with Crippen LogP contribution in [-0.4, -0.2) is 14.3 Å². The van der Waals surface area contributed by atoms with E-state index in [1.807, 2.05) is 41.0 Å². The highest BCUT2D eigenvalue weighted by molar-refractivity contribution is 5.84. The zero-order valence-electron chi connectivity index (χ0n) is 17.3. The Kier molecular flexibility index (Phi) is 4.99. The van der Waals surface area contributed by atoms with Crippen molar-refractivity contribution in [1.29, 1.82) is 0 Å². The van der Waals surface area contributed by atoms with Crippen LogP contribution in [-0.2, 0) is 19.7 Å². The monoisotopic (exact) mass is 427 g/mol. The molecule has 1 N–H and O–H groups in total. The van der Waals surface area contributed by atoms with Crippen LogP contribution in [0.2, 0.25) is 0 Å². The summed E-state index contributed by atoms with van der Waals surface area (Å²) in [4.78, 5) is 25.3. The lowest BCUT2D eigenvalue weighted by Crippen LogP contribution is -2.18. The van der Waals surface area contributed by atoms with Gasteiger partial charge in [-0.2, -0.15) is 0 Å². The van der Waals surface area contributed by atoms with E-state index in [0.29, 0.717) is 13.2 Å². The van der Waals surface area contributed by atoms with Gasteiger partial charge in [-0.3, -0.25) is 0 Å². The Morgan fingerprint density at radius 3 is 2.59 bits per heavy atom. The molecule has 0 aliphatic heterocycles. The summed E-state index contributed by atoms with van der Waals surface area (Å²) < 4.78 is 14.0. The summed E-state index contributed by atoms with van der Waals surface area (Å²) >= 11 is 0. The number of allylic oxidation sites excluding steroid dienone is 1. The highest BCUT2D eigenvalue weighted by Crippen LogP contribution is 2.26. The van der Waals surface area contributed by atoms with E-state index in [9.17, 15) is 9.59 Å². The summed E-state index contributed by atoms with van der Waals surface area (Å²) in [5.74, 6) is -0.0240. The molecule has 0 fully saturated rings. The van der Waals surface area contributed by atoms with Crippen LogP contribution in [0.3, 0.4) is 0 Å². The third kappa shape index (κ3) is 3.76. The fraction of sp³-hybridized carbons (Fsp3) is 0.120. The van der Waals surface area contributed by atoms with E-state index in [2.05, 4.69) is 41.9 Å². The Balaban J connectivity index is 1.42. The van der Waals surface area contributed by atoms with Crippen molar-refractivity contribution >= 4 is 21.7 Å². The number of nitrogens with zero attached hydrogens (tertiary/aromatic N) is 2. The average molecular weight is 427 g/mol. The first kappa shape index (κ1) is 19.7. The third-order valence-electron chi connectivity index (χ3n) is 5.42. The van der Waals surface area contributed by atoms with E-state index in [1.54, 1.807) is 6.08 Å². The minimum Gasteiger partial charge on any atom is -0.489 e. The normalized spacial score (nSPS) is 11.2. The molecule has 0 radical (unpaired) electrons. The molecule has 0 aliphatic carbocycles. The molecule has 0 unspecified atom stereocenters. The van der Waals surface area contributed by atoms with Gasteiger partial charge in [0.2, 0.25) is 0 Å². The second-order valence-electron chi connectivity index (χ2n) is 7.57. The van der Waals surface area contributed by atoms with Gasteiger partial charge < -0.3 is 13.8 Å². The molecule has 0 spiro atoms. The number of hydrogen-bond acceptors (Lipinski definition) is 4. The molecule has 160 valence electrons. The van der Waals surface area contributed by atoms with Gasteiger partial charge in [0, 0.05) is 23.1 Å². The lowest BCUT2D eigenvalue weighted by Gasteiger charge is -2.09. The van der Waals surface area contributed by atoms with Crippen molar-refractivity contribution in [2.24, 2.45) is 0 Å². The molecular weight excluding hydrogens is 406 g/mol. The number of aromatic nitrogens is 3. The van der Waals surface area contributed by atoms with Crippen LogP contribution in [0.15, 0.2) is 93.5 Å². The summed E-state index contributed by atoms with van der Waals surface area (Å²) in [7, 11) is 0. The predicted molar refractivity (Wildman–Crippen MR) is 123 cm³/mol. The second kappa shape index (κ2) is 8.11. The number of fused-ring (bicyclic) bond motifs is 2. The Morgan fingerprint density at radius 1 is 0.969 bits per heavy atom. The van der Waals surface area contributed by atoms with E-state index in [4.69, 9.17) is 9.26 Å². The first-order valence-electron chi connectivity index (χ1n) is 10.2. The summed E-state index contributed by atoms with van der Waals surface area (Å²) in [6.07, 6.45) is 1.78. The topological polar surface area (TPSA) is 82.2 Å². The summed E-state index contributed by atoms with van der Waals surface area (Å²) in [6, 6.07) is 22.4. The highest BCUT2D eigenvalue weighted by Gasteiger charge is 2.12. The van der Waals surface area contributed by atoms with Crippen molar-refractivity contribution in [3.8, 4) is 5.75 Å². The first-order valence-corrected chi connectivity index (χ1v) is 10.2. The molecule has 2 heterocycles. The van der Waals surface area contributed by atoms with Crippen LogP contribution >= 0.6 is 0 Å². The van der Waals surface area contributed by atoms with Crippen molar-refractivity contribution in [2.75, 3.05) is 0 Å². The largest absolute Gasteiger partial charge is 0.489 e. The number of ether oxygens (including phenoxy) is 1. The third-order valence-corrected chi connectivity index (χ3v) is 5.42. The molecule has 7 heteroatoms. The minimum absolute atomic E-state index is 0.132. The molecule has 5 aromatic rings. The SMILES string of the molecule is C=CCn1c(Cn2oc(=O)[nH]c2=O)cc2cc(OCc3ccc4ccccc4c3)ccc21. The van der Waals surface area contributed by atoms with E-state index in [0.717, 1.165) is 32.6 Å². The molecular formula is C25H21N3O4. The zero-order valence-corrected chi connectivity index (χ0v) is 17.3. The van der Waals surface area contributed by atoms with Crippen molar-refractivity contribution in [1.82, 2.24) is 14.3 Å². The van der Waals surface area contributed by atoms with Crippen LogP contribution in [0.25, 0.3) is 21.7 Å². The number of nitrogens with one attached hydrogen (secondary N) is 1. The Labute approximate surface area is 182 Å². The van der Waals surface area contributed by atoms with Crippen LogP contribution < -0.4 is 16.2 Å². The molecule has 0 bridgehead atoms. The zero-order chi connectivity index (χ0) is 22.1. The van der Waals surface area contributed by atoms with Gasteiger partial charge in [-0.25, -0.2) is 14.6 Å². The molecule has 0 saturated carbocycles. The quantitative estimate of drug-likeness (QED) is 0.397. The van der Waals surface area contributed by atoms with E-state index < -0.39 is 11.4 Å². The van der Waals surface area contributed by atoms with Crippen LogP contribution in [0.5, 0.6) is 5.75 Å². The van der Waals surface area contributed by atoms with E-state index in [1.165, 1.54) is 10.8 Å². The van der Waals surface area contributed by atoms with Gasteiger partial charge in [0.05, 0.1) is 0 Å². The molecule has 0 atom stereocenters. The molecule has 0 saturated heterocycles. The van der Waals surface area contributed by atoms with Crippen molar-refractivity contribution in [3.05, 3.63) is 112 Å². The Morgan fingerprint density at radius 2 is 1.81 bits per heavy atom. The molecule has 0 aliphatic rings. The number of hydrogen-bond donors (Lipinski definition) is 1. The average Bonchev–Trinajstić information content (AvgIpc) is 3.30. The fourth-order valence-corrected chi connectivity index (χ4v) is 3.93. The summed E-state index contributed by atoms with van der Waals surface area (Å²) in [5, 5.41) is 3.34. The van der Waals surface area contributed by atoms with Gasteiger partial charge >= 0.3 is 11.4 Å². The summed E-state index contributed by atoms with van der Waals surface area (Å²) in [6.45, 7) is 4.97. The fourth-order valence-electron chi connectivity index (χ4n) is 3.93. The lowest BCUT2D eigenvalue weighted by atomic mass is 10.1. The van der Waals surface area contributed by atoms with Gasteiger partial charge in [0.15, 0.2) is 0 Å². The maximum atomic E-state index is 11.8. The van der Waals surface area contributed by atoms with E-state index >= 15 is 0 Å². The Hall–Kier alpha value is -4.26. The first-order chi connectivity index (χ1) is 15.6. The molecule has 0 amide bonds. The second-order valence-corrected chi connectivity index (χ2v) is 7.57. The molecule has 32 heavy (non-hydrogen) atoms. The van der Waals surface area contributed by atoms with Gasteiger partial charge in [-0.1, -0.05) is 42.5 Å². The number of rotatable bonds is 7.